The zero-order chi connectivity index (χ0) is 15.4. The lowest BCUT2D eigenvalue weighted by atomic mass is 9.93. The summed E-state index contributed by atoms with van der Waals surface area (Å²) in [5.74, 6) is 0.0888. The van der Waals surface area contributed by atoms with Crippen LogP contribution in [0.4, 0.5) is 0 Å². The largest absolute Gasteiger partial charge is 0.113 e. The molecule has 0 aromatic heterocycles. The maximum Gasteiger partial charge on any atom is 0.113 e. The van der Waals surface area contributed by atoms with E-state index in [1.165, 1.54) is 27.8 Å². The first-order valence-corrected chi connectivity index (χ1v) is 7.98. The van der Waals surface area contributed by atoms with E-state index in [2.05, 4.69) is 68.5 Å². The van der Waals surface area contributed by atoms with Crippen LogP contribution in [-0.4, -0.2) is 4.84 Å². The molecule has 0 aliphatic rings. The molecule has 0 spiro atoms. The normalized spacial score (nSPS) is 12.3. The lowest BCUT2D eigenvalue weighted by Gasteiger charge is -2.14. The fraction of sp³-hybridized carbons (Fsp3) is 0.263. The van der Waals surface area contributed by atoms with Gasteiger partial charge in [0.2, 0.25) is 0 Å². The summed E-state index contributed by atoms with van der Waals surface area (Å²) < 4.78 is 0. The number of aryl methyl sites for hydroxylation is 2. The van der Waals surface area contributed by atoms with E-state index >= 15 is 0 Å². The van der Waals surface area contributed by atoms with Crippen molar-refractivity contribution < 1.29 is 0 Å². The van der Waals surface area contributed by atoms with Gasteiger partial charge in [-0.1, -0.05) is 72.7 Å². The molecule has 0 bridgehead atoms. The maximum absolute atomic E-state index is 6.02. The van der Waals surface area contributed by atoms with Gasteiger partial charge in [-0.05, 0) is 30.5 Å². The smallest absolute Gasteiger partial charge is 0.105 e. The SMILES string of the molecule is Cc1ccc(C(=CC(C)C(Cl)Cl)c2ccc(C)cc2)cc1. The summed E-state index contributed by atoms with van der Waals surface area (Å²) in [6, 6.07) is 17.1. The lowest BCUT2D eigenvalue weighted by molar-refractivity contribution is 0.799. The van der Waals surface area contributed by atoms with Crippen molar-refractivity contribution in [3.8, 4) is 0 Å². The Morgan fingerprint density at radius 2 is 1.19 bits per heavy atom. The van der Waals surface area contributed by atoms with Crippen LogP contribution in [0, 0.1) is 19.8 Å². The first-order valence-electron chi connectivity index (χ1n) is 7.11. The van der Waals surface area contributed by atoms with Gasteiger partial charge >= 0.3 is 0 Å². The molecule has 21 heavy (non-hydrogen) atoms. The van der Waals surface area contributed by atoms with Gasteiger partial charge in [-0.2, -0.15) is 0 Å². The predicted octanol–water partition coefficient (Wildman–Crippen LogP) is 6.17. The first kappa shape index (κ1) is 16.1. The standard InChI is InChI=1S/C19H20Cl2/c1-13-4-8-16(9-5-13)18(12-15(3)19(20)21)17-10-6-14(2)7-11-17/h4-12,15,19H,1-3H3. The summed E-state index contributed by atoms with van der Waals surface area (Å²) in [5, 5.41) is 0. The average molecular weight is 319 g/mol. The summed E-state index contributed by atoms with van der Waals surface area (Å²) in [7, 11) is 0. The highest BCUT2D eigenvalue weighted by Crippen LogP contribution is 2.28. The van der Waals surface area contributed by atoms with Crippen LogP contribution >= 0.6 is 23.2 Å². The minimum atomic E-state index is -0.407. The van der Waals surface area contributed by atoms with Crippen LogP contribution in [0.1, 0.15) is 29.2 Å². The molecule has 0 aliphatic carbocycles. The van der Waals surface area contributed by atoms with Gasteiger partial charge < -0.3 is 0 Å². The zero-order valence-corrected chi connectivity index (χ0v) is 14.1. The molecule has 0 fully saturated rings. The summed E-state index contributed by atoms with van der Waals surface area (Å²) in [4.78, 5) is -0.407. The third-order valence-electron chi connectivity index (χ3n) is 3.55. The van der Waals surface area contributed by atoms with Gasteiger partial charge in [0.25, 0.3) is 0 Å². The molecule has 0 amide bonds. The van der Waals surface area contributed by atoms with E-state index in [9.17, 15) is 0 Å². The number of benzene rings is 2. The van der Waals surface area contributed by atoms with E-state index < -0.39 is 4.84 Å². The Hall–Kier alpha value is -1.24. The lowest BCUT2D eigenvalue weighted by Crippen LogP contribution is -2.02. The van der Waals surface area contributed by atoms with Gasteiger partial charge in [-0.15, -0.1) is 23.2 Å². The molecule has 1 atom stereocenters. The highest BCUT2D eigenvalue weighted by atomic mass is 35.5. The van der Waals surface area contributed by atoms with E-state index in [0.29, 0.717) is 0 Å². The van der Waals surface area contributed by atoms with E-state index in [1.807, 2.05) is 6.92 Å². The second-order valence-electron chi connectivity index (χ2n) is 5.51. The number of halogens is 2. The van der Waals surface area contributed by atoms with Crippen LogP contribution in [-0.2, 0) is 0 Å². The Kier molecular flexibility index (Phi) is 5.50. The van der Waals surface area contributed by atoms with E-state index in [-0.39, 0.29) is 5.92 Å². The number of alkyl halides is 2. The molecule has 2 heteroatoms. The van der Waals surface area contributed by atoms with Gasteiger partial charge in [0, 0.05) is 5.92 Å². The fourth-order valence-corrected chi connectivity index (χ4v) is 2.31. The van der Waals surface area contributed by atoms with Crippen molar-refractivity contribution in [2.45, 2.75) is 25.6 Å². The molecule has 1 unspecified atom stereocenters. The van der Waals surface area contributed by atoms with Crippen molar-refractivity contribution in [2.24, 2.45) is 5.92 Å². The van der Waals surface area contributed by atoms with Crippen molar-refractivity contribution >= 4 is 28.8 Å². The molecular weight excluding hydrogens is 299 g/mol. The van der Waals surface area contributed by atoms with Crippen LogP contribution in [0.2, 0.25) is 0 Å². The van der Waals surface area contributed by atoms with Crippen molar-refractivity contribution in [1.82, 2.24) is 0 Å². The third-order valence-corrected chi connectivity index (χ3v) is 4.35. The Balaban J connectivity index is 2.48. The molecule has 0 saturated carbocycles. The maximum atomic E-state index is 6.02. The van der Waals surface area contributed by atoms with Gasteiger partial charge in [-0.25, -0.2) is 0 Å². The summed E-state index contributed by atoms with van der Waals surface area (Å²) in [5.41, 5.74) is 6.05. The van der Waals surface area contributed by atoms with Crippen molar-refractivity contribution in [3.63, 3.8) is 0 Å². The molecule has 2 rings (SSSR count). The molecule has 2 aromatic carbocycles. The molecule has 110 valence electrons. The molecule has 0 nitrogen and oxygen atoms in total. The van der Waals surface area contributed by atoms with Crippen LogP contribution < -0.4 is 0 Å². The van der Waals surface area contributed by atoms with Crippen molar-refractivity contribution in [2.75, 3.05) is 0 Å². The van der Waals surface area contributed by atoms with Crippen LogP contribution in [0.15, 0.2) is 54.6 Å². The second-order valence-corrected chi connectivity index (χ2v) is 6.67. The Labute approximate surface area is 137 Å². The summed E-state index contributed by atoms with van der Waals surface area (Å²) >= 11 is 12.0. The number of rotatable bonds is 4. The number of hydrogen-bond acceptors (Lipinski definition) is 0. The average Bonchev–Trinajstić information content (AvgIpc) is 2.46. The van der Waals surface area contributed by atoms with Crippen molar-refractivity contribution in [1.29, 1.82) is 0 Å². The van der Waals surface area contributed by atoms with Gasteiger partial charge in [0.05, 0.1) is 0 Å². The van der Waals surface area contributed by atoms with E-state index in [4.69, 9.17) is 23.2 Å². The Morgan fingerprint density at radius 1 is 0.810 bits per heavy atom. The quantitative estimate of drug-likeness (QED) is 0.591. The summed E-state index contributed by atoms with van der Waals surface area (Å²) in [6.07, 6.45) is 2.15. The molecular formula is C19H20Cl2. The van der Waals surface area contributed by atoms with Crippen molar-refractivity contribution in [3.05, 3.63) is 76.9 Å². The third kappa shape index (κ3) is 4.36. The fourth-order valence-electron chi connectivity index (χ4n) is 2.16. The Bertz CT molecular complexity index is 560. The molecule has 0 radical (unpaired) electrons. The molecule has 0 aliphatic heterocycles. The zero-order valence-electron chi connectivity index (χ0n) is 12.6. The van der Waals surface area contributed by atoms with E-state index in [0.717, 1.165) is 0 Å². The van der Waals surface area contributed by atoms with Gasteiger partial charge in [0.1, 0.15) is 4.84 Å². The highest BCUT2D eigenvalue weighted by Gasteiger charge is 2.12. The second kappa shape index (κ2) is 7.15. The molecule has 0 heterocycles. The molecule has 2 aromatic rings. The highest BCUT2D eigenvalue weighted by molar-refractivity contribution is 6.44. The monoisotopic (exact) mass is 318 g/mol. The summed E-state index contributed by atoms with van der Waals surface area (Å²) in [6.45, 7) is 6.22. The van der Waals surface area contributed by atoms with Gasteiger partial charge in [-0.3, -0.25) is 0 Å². The minimum absolute atomic E-state index is 0.0888. The van der Waals surface area contributed by atoms with E-state index in [1.54, 1.807) is 0 Å². The minimum Gasteiger partial charge on any atom is -0.105 e. The van der Waals surface area contributed by atoms with Crippen LogP contribution in [0.25, 0.3) is 5.57 Å². The number of allylic oxidation sites excluding steroid dienone is 1. The van der Waals surface area contributed by atoms with Gasteiger partial charge in [0.15, 0.2) is 0 Å². The topological polar surface area (TPSA) is 0 Å². The first-order chi connectivity index (χ1) is 9.97. The predicted molar refractivity (Wildman–Crippen MR) is 94.1 cm³/mol. The van der Waals surface area contributed by atoms with Crippen LogP contribution in [0.3, 0.4) is 0 Å². The Morgan fingerprint density at radius 3 is 1.52 bits per heavy atom. The molecule has 0 N–H and O–H groups in total. The van der Waals surface area contributed by atoms with Crippen LogP contribution in [0.5, 0.6) is 0 Å². The number of hydrogen-bond donors (Lipinski definition) is 0. The molecule has 0 saturated heterocycles.